The maximum absolute atomic E-state index is 11.3. The van der Waals surface area contributed by atoms with Crippen LogP contribution in [0.25, 0.3) is 22.4 Å². The Balaban J connectivity index is 1.87. The zero-order valence-electron chi connectivity index (χ0n) is 18.1. The van der Waals surface area contributed by atoms with E-state index in [1.54, 1.807) is 6.07 Å². The van der Waals surface area contributed by atoms with Crippen molar-refractivity contribution in [1.82, 2.24) is 19.5 Å². The fourth-order valence-corrected chi connectivity index (χ4v) is 4.57. The fourth-order valence-electron chi connectivity index (χ4n) is 4.38. The number of carboxylic acids is 1. The van der Waals surface area contributed by atoms with Crippen molar-refractivity contribution in [2.24, 2.45) is 11.8 Å². The number of fused-ring (bicyclic) bond motifs is 1. The van der Waals surface area contributed by atoms with Gasteiger partial charge in [-0.3, -0.25) is 4.79 Å². The van der Waals surface area contributed by atoms with Gasteiger partial charge in [-0.2, -0.15) is 4.98 Å². The lowest BCUT2D eigenvalue weighted by molar-refractivity contribution is -0.136. The van der Waals surface area contributed by atoms with E-state index >= 15 is 0 Å². The van der Waals surface area contributed by atoms with Gasteiger partial charge in [0.1, 0.15) is 23.5 Å². The molecule has 0 bridgehead atoms. The molecule has 2 aromatic heterocycles. The molecule has 4 rings (SSSR count). The number of aliphatic hydroxyl groups is 1. The average Bonchev–Trinajstić information content (AvgIpc) is 3.10. The number of aromatic nitrogens is 4. The summed E-state index contributed by atoms with van der Waals surface area (Å²) in [5.41, 5.74) is 2.59. The van der Waals surface area contributed by atoms with Gasteiger partial charge in [0.05, 0.1) is 6.61 Å². The van der Waals surface area contributed by atoms with Gasteiger partial charge in [-0.15, -0.1) is 0 Å². The number of nitrogens with zero attached hydrogens (tertiary/aromatic N) is 4. The third-order valence-electron chi connectivity index (χ3n) is 6.03. The van der Waals surface area contributed by atoms with E-state index in [1.807, 2.05) is 18.2 Å². The minimum Gasteiger partial charge on any atom is -0.481 e. The summed E-state index contributed by atoms with van der Waals surface area (Å²) in [6, 6.07) is 7.35. The highest BCUT2D eigenvalue weighted by molar-refractivity contribution is 6.30. The van der Waals surface area contributed by atoms with Crippen LogP contribution in [-0.4, -0.2) is 48.9 Å². The Morgan fingerprint density at radius 2 is 2.00 bits per heavy atom. The van der Waals surface area contributed by atoms with E-state index in [-0.39, 0.29) is 18.9 Å². The maximum atomic E-state index is 11.3. The highest BCUT2D eigenvalue weighted by atomic mass is 35.5. The van der Waals surface area contributed by atoms with E-state index < -0.39 is 5.97 Å². The van der Waals surface area contributed by atoms with E-state index in [0.29, 0.717) is 34.8 Å². The lowest BCUT2D eigenvalue weighted by Gasteiger charge is -2.27. The fraction of sp³-hybridized carbons (Fsp3) is 0.478. The predicted octanol–water partition coefficient (Wildman–Crippen LogP) is 4.00. The molecule has 0 aliphatic heterocycles. The van der Waals surface area contributed by atoms with Crippen LogP contribution in [0.4, 0.5) is 5.95 Å². The van der Waals surface area contributed by atoms with Gasteiger partial charge in [0.15, 0.2) is 5.65 Å². The molecule has 0 spiro atoms. The molecule has 0 unspecified atom stereocenters. The highest BCUT2D eigenvalue weighted by Crippen LogP contribution is 2.34. The van der Waals surface area contributed by atoms with Crippen LogP contribution in [0.5, 0.6) is 0 Å². The Morgan fingerprint density at radius 1 is 1.22 bits per heavy atom. The first-order chi connectivity index (χ1) is 15.4. The molecule has 1 aliphatic rings. The van der Waals surface area contributed by atoms with Gasteiger partial charge in [-0.25, -0.2) is 9.97 Å². The second-order valence-corrected chi connectivity index (χ2v) is 9.00. The lowest BCUT2D eigenvalue weighted by Crippen LogP contribution is -2.20. The second-order valence-electron chi connectivity index (χ2n) is 8.56. The minimum atomic E-state index is -1.00. The van der Waals surface area contributed by atoms with E-state index in [2.05, 4.69) is 31.8 Å². The second kappa shape index (κ2) is 9.83. The van der Waals surface area contributed by atoms with Crippen molar-refractivity contribution in [3.63, 3.8) is 0 Å². The molecule has 1 aliphatic carbocycles. The van der Waals surface area contributed by atoms with E-state index in [1.165, 1.54) is 12.8 Å². The van der Waals surface area contributed by atoms with Gasteiger partial charge in [0.25, 0.3) is 0 Å². The molecule has 0 amide bonds. The number of halogens is 1. The molecule has 1 fully saturated rings. The zero-order valence-corrected chi connectivity index (χ0v) is 18.8. The van der Waals surface area contributed by atoms with Crippen molar-refractivity contribution in [3.05, 3.63) is 35.1 Å². The average molecular weight is 458 g/mol. The molecule has 3 aromatic rings. The molecule has 170 valence electrons. The van der Waals surface area contributed by atoms with Crippen LogP contribution in [0.2, 0.25) is 5.02 Å². The maximum Gasteiger partial charge on any atom is 0.311 e. The van der Waals surface area contributed by atoms with Crippen LogP contribution < -0.4 is 5.32 Å². The molecule has 2 heterocycles. The number of aliphatic hydroxyl groups excluding tert-OH is 1. The number of benzene rings is 1. The van der Waals surface area contributed by atoms with Crippen molar-refractivity contribution in [1.29, 1.82) is 0 Å². The predicted molar refractivity (Wildman–Crippen MR) is 124 cm³/mol. The van der Waals surface area contributed by atoms with Gasteiger partial charge >= 0.3 is 5.97 Å². The van der Waals surface area contributed by atoms with Gasteiger partial charge in [0.2, 0.25) is 5.95 Å². The molecule has 32 heavy (non-hydrogen) atoms. The Bertz CT molecular complexity index is 1110. The molecule has 1 saturated carbocycles. The lowest BCUT2D eigenvalue weighted by atomic mass is 9.83. The Hall–Kier alpha value is -2.71. The van der Waals surface area contributed by atoms with Gasteiger partial charge in [-0.05, 0) is 36.8 Å². The number of anilines is 1. The van der Waals surface area contributed by atoms with Gasteiger partial charge in [-0.1, -0.05) is 43.5 Å². The van der Waals surface area contributed by atoms with Crippen molar-refractivity contribution in [2.45, 2.75) is 45.6 Å². The van der Waals surface area contributed by atoms with Gasteiger partial charge < -0.3 is 20.1 Å². The smallest absolute Gasteiger partial charge is 0.311 e. The molecule has 1 aromatic carbocycles. The number of rotatable bonds is 8. The first kappa shape index (κ1) is 22.5. The normalized spacial score (nSPS) is 18.7. The third-order valence-corrected chi connectivity index (χ3v) is 6.26. The van der Waals surface area contributed by atoms with E-state index in [4.69, 9.17) is 11.6 Å². The quantitative estimate of drug-likeness (QED) is 0.468. The number of hydrogen-bond acceptors (Lipinski definition) is 6. The molecule has 8 nitrogen and oxygen atoms in total. The van der Waals surface area contributed by atoms with Crippen LogP contribution in [0.15, 0.2) is 24.3 Å². The Labute approximate surface area is 191 Å². The van der Waals surface area contributed by atoms with Crippen LogP contribution in [0.3, 0.4) is 0 Å². The summed E-state index contributed by atoms with van der Waals surface area (Å²) in [6.07, 6.45) is 4.40. The van der Waals surface area contributed by atoms with E-state index in [0.717, 1.165) is 36.4 Å². The monoisotopic (exact) mass is 457 g/mol. The SMILES string of the molecule is C[C@H]1CC[C@H](Cn2c(NCCO)nc3nc(CC(=O)O)nc(-c4cccc(Cl)c4)c32)CC1. The van der Waals surface area contributed by atoms with E-state index in [9.17, 15) is 15.0 Å². The first-order valence-corrected chi connectivity index (χ1v) is 11.4. The summed E-state index contributed by atoms with van der Waals surface area (Å²) < 4.78 is 2.09. The molecule has 0 saturated heterocycles. The summed E-state index contributed by atoms with van der Waals surface area (Å²) in [6.45, 7) is 3.38. The van der Waals surface area contributed by atoms with Crippen LogP contribution in [0, 0.1) is 11.8 Å². The number of hydrogen-bond donors (Lipinski definition) is 3. The number of carboxylic acid groups (broad SMARTS) is 1. The summed E-state index contributed by atoms with van der Waals surface area (Å²) in [4.78, 5) is 25.1. The van der Waals surface area contributed by atoms with Crippen LogP contribution in [-0.2, 0) is 17.8 Å². The minimum absolute atomic E-state index is 0.0265. The summed E-state index contributed by atoms with van der Waals surface area (Å²) in [7, 11) is 0. The molecule has 0 radical (unpaired) electrons. The zero-order chi connectivity index (χ0) is 22.7. The summed E-state index contributed by atoms with van der Waals surface area (Å²) in [5.74, 6) is 1.06. The van der Waals surface area contributed by atoms with Gasteiger partial charge in [0, 0.05) is 23.7 Å². The topological polar surface area (TPSA) is 113 Å². The standard InChI is InChI=1S/C23H28ClN5O3/c1-14-5-7-15(8-6-14)13-29-21-20(16-3-2-4-17(24)11-16)26-18(12-19(31)32)27-22(21)28-23(29)25-9-10-30/h2-4,11,14-15,30H,5-10,12-13H2,1H3,(H,31,32)(H,25,26,27,28)/t14-,15-. The van der Waals surface area contributed by atoms with Crippen molar-refractivity contribution in [3.8, 4) is 11.3 Å². The number of carbonyl (C=O) groups is 1. The van der Waals surface area contributed by atoms with Crippen molar-refractivity contribution in [2.75, 3.05) is 18.5 Å². The number of nitrogens with one attached hydrogen (secondary N) is 1. The Kier molecular flexibility index (Phi) is 6.91. The third kappa shape index (κ3) is 5.02. The molecule has 0 atom stereocenters. The number of aliphatic carboxylic acids is 1. The summed E-state index contributed by atoms with van der Waals surface area (Å²) >= 11 is 6.25. The summed E-state index contributed by atoms with van der Waals surface area (Å²) in [5, 5.41) is 22.4. The molecular formula is C23H28ClN5O3. The largest absolute Gasteiger partial charge is 0.481 e. The molecular weight excluding hydrogens is 430 g/mol. The highest BCUT2D eigenvalue weighted by Gasteiger charge is 2.24. The van der Waals surface area contributed by atoms with Crippen LogP contribution in [0.1, 0.15) is 38.4 Å². The van der Waals surface area contributed by atoms with Crippen molar-refractivity contribution >= 4 is 34.7 Å². The Morgan fingerprint density at radius 3 is 2.69 bits per heavy atom. The first-order valence-electron chi connectivity index (χ1n) is 11.0. The van der Waals surface area contributed by atoms with Crippen molar-refractivity contribution < 1.29 is 15.0 Å². The molecule has 9 heteroatoms. The van der Waals surface area contributed by atoms with Crippen LogP contribution >= 0.6 is 11.6 Å². The molecule has 3 N–H and O–H groups in total. The number of imidazole rings is 1.